The van der Waals surface area contributed by atoms with Crippen LogP contribution in [0.2, 0.25) is 0 Å². The van der Waals surface area contributed by atoms with Gasteiger partial charge >= 0.3 is 0 Å². The Labute approximate surface area is 130 Å². The quantitative estimate of drug-likeness (QED) is 0.838. The molecule has 0 aliphatic carbocycles. The largest absolute Gasteiger partial charge is 0.493 e. The Bertz CT molecular complexity index is 464. The Hall–Kier alpha value is -1.50. The van der Waals surface area contributed by atoms with Crippen molar-refractivity contribution < 1.29 is 19.0 Å². The van der Waals surface area contributed by atoms with Crippen LogP contribution in [0.15, 0.2) is 18.2 Å². The lowest BCUT2D eigenvalue weighted by molar-refractivity contribution is -0.134. The minimum Gasteiger partial charge on any atom is -0.493 e. The van der Waals surface area contributed by atoms with Crippen LogP contribution in [0.1, 0.15) is 5.56 Å². The van der Waals surface area contributed by atoms with E-state index in [2.05, 4.69) is 10.6 Å². The normalized spacial score (nSPS) is 17.5. The van der Waals surface area contributed by atoms with Crippen molar-refractivity contribution in [2.24, 2.45) is 0 Å². The fourth-order valence-corrected chi connectivity index (χ4v) is 2.03. The number of nitrogens with one attached hydrogen (secondary N) is 2. The van der Waals surface area contributed by atoms with Gasteiger partial charge in [-0.15, -0.1) is 12.4 Å². The van der Waals surface area contributed by atoms with Crippen molar-refractivity contribution in [2.75, 3.05) is 33.9 Å². The van der Waals surface area contributed by atoms with E-state index in [1.807, 2.05) is 18.2 Å². The van der Waals surface area contributed by atoms with E-state index in [0.717, 1.165) is 12.1 Å². The summed E-state index contributed by atoms with van der Waals surface area (Å²) in [5, 5.41) is 5.98. The summed E-state index contributed by atoms with van der Waals surface area (Å²) in [6, 6.07) is 5.56. The van der Waals surface area contributed by atoms with Crippen LogP contribution >= 0.6 is 12.4 Å². The van der Waals surface area contributed by atoms with Gasteiger partial charge < -0.3 is 24.8 Å². The summed E-state index contributed by atoms with van der Waals surface area (Å²) >= 11 is 0. The van der Waals surface area contributed by atoms with E-state index < -0.39 is 6.10 Å². The highest BCUT2D eigenvalue weighted by Gasteiger charge is 2.21. The molecule has 1 aliphatic heterocycles. The van der Waals surface area contributed by atoms with Gasteiger partial charge in [0.15, 0.2) is 11.5 Å². The standard InChI is InChI=1S/C14H20N2O4.ClH/c1-18-11-4-3-10(7-12(11)19-2)8-16-14(17)13-9-15-5-6-20-13;/h3-4,7,13,15H,5-6,8-9H2,1-2H3,(H,16,17);1H. The molecule has 0 radical (unpaired) electrons. The van der Waals surface area contributed by atoms with Crippen LogP contribution in [0, 0.1) is 0 Å². The Morgan fingerprint density at radius 1 is 1.38 bits per heavy atom. The van der Waals surface area contributed by atoms with E-state index in [-0.39, 0.29) is 18.3 Å². The van der Waals surface area contributed by atoms with E-state index in [1.165, 1.54) is 0 Å². The molecule has 7 heteroatoms. The first-order valence-electron chi connectivity index (χ1n) is 6.55. The zero-order chi connectivity index (χ0) is 14.4. The number of hydrogen-bond donors (Lipinski definition) is 2. The molecule has 1 amide bonds. The first-order valence-corrected chi connectivity index (χ1v) is 6.55. The van der Waals surface area contributed by atoms with Crippen molar-refractivity contribution in [3.63, 3.8) is 0 Å². The number of morpholine rings is 1. The van der Waals surface area contributed by atoms with Gasteiger partial charge in [0.25, 0.3) is 5.91 Å². The summed E-state index contributed by atoms with van der Waals surface area (Å²) < 4.78 is 15.8. The third kappa shape index (κ3) is 4.77. The lowest BCUT2D eigenvalue weighted by atomic mass is 10.2. The summed E-state index contributed by atoms with van der Waals surface area (Å²) in [4.78, 5) is 11.9. The summed E-state index contributed by atoms with van der Waals surface area (Å²) in [6.45, 7) is 2.34. The van der Waals surface area contributed by atoms with E-state index >= 15 is 0 Å². The first kappa shape index (κ1) is 17.6. The van der Waals surface area contributed by atoms with Gasteiger partial charge in [0.05, 0.1) is 20.8 Å². The number of halogens is 1. The third-order valence-corrected chi connectivity index (χ3v) is 3.13. The molecule has 1 saturated heterocycles. The highest BCUT2D eigenvalue weighted by atomic mass is 35.5. The number of amides is 1. The van der Waals surface area contributed by atoms with Gasteiger partial charge in [-0.25, -0.2) is 0 Å². The average molecular weight is 317 g/mol. The average Bonchev–Trinajstić information content (AvgIpc) is 2.53. The van der Waals surface area contributed by atoms with Crippen LogP contribution in [-0.4, -0.2) is 45.9 Å². The number of carbonyl (C=O) groups is 1. The highest BCUT2D eigenvalue weighted by molar-refractivity contribution is 5.85. The van der Waals surface area contributed by atoms with Crippen molar-refractivity contribution in [1.82, 2.24) is 10.6 Å². The summed E-state index contributed by atoms with van der Waals surface area (Å²) in [7, 11) is 3.18. The minimum atomic E-state index is -0.413. The number of hydrogen-bond acceptors (Lipinski definition) is 5. The molecular formula is C14H21ClN2O4. The van der Waals surface area contributed by atoms with E-state index in [1.54, 1.807) is 14.2 Å². The van der Waals surface area contributed by atoms with Gasteiger partial charge in [-0.3, -0.25) is 4.79 Å². The molecule has 1 aromatic rings. The number of methoxy groups -OCH3 is 2. The zero-order valence-corrected chi connectivity index (χ0v) is 13.0. The predicted octanol–water partition coefficient (Wildman–Crippen LogP) is 0.730. The van der Waals surface area contributed by atoms with Crippen LogP contribution in [0.5, 0.6) is 11.5 Å². The Morgan fingerprint density at radius 2 is 2.14 bits per heavy atom. The van der Waals surface area contributed by atoms with Crippen molar-refractivity contribution >= 4 is 18.3 Å². The molecule has 6 nitrogen and oxygen atoms in total. The second-order valence-corrected chi connectivity index (χ2v) is 4.47. The zero-order valence-electron chi connectivity index (χ0n) is 12.2. The molecule has 1 atom stereocenters. The van der Waals surface area contributed by atoms with Crippen LogP contribution < -0.4 is 20.1 Å². The first-order chi connectivity index (χ1) is 9.74. The molecule has 118 valence electrons. The van der Waals surface area contributed by atoms with Crippen LogP contribution in [0.25, 0.3) is 0 Å². The van der Waals surface area contributed by atoms with Crippen LogP contribution in [0.4, 0.5) is 0 Å². The molecule has 2 N–H and O–H groups in total. The topological polar surface area (TPSA) is 68.8 Å². The fraction of sp³-hybridized carbons (Fsp3) is 0.500. The highest BCUT2D eigenvalue weighted by Crippen LogP contribution is 2.27. The van der Waals surface area contributed by atoms with Crippen LogP contribution in [-0.2, 0) is 16.1 Å². The number of ether oxygens (including phenoxy) is 3. The van der Waals surface area contributed by atoms with Gasteiger partial charge in [0, 0.05) is 19.6 Å². The second-order valence-electron chi connectivity index (χ2n) is 4.47. The molecule has 2 rings (SSSR count). The lowest BCUT2D eigenvalue weighted by Gasteiger charge is -2.22. The van der Waals surface area contributed by atoms with Crippen LogP contribution in [0.3, 0.4) is 0 Å². The molecule has 1 unspecified atom stereocenters. The Balaban J connectivity index is 0.00000220. The van der Waals surface area contributed by atoms with Crippen molar-refractivity contribution in [3.05, 3.63) is 23.8 Å². The molecule has 1 heterocycles. The second kappa shape index (κ2) is 8.71. The summed E-state index contributed by atoms with van der Waals surface area (Å²) in [5.74, 6) is 1.21. The molecular weight excluding hydrogens is 296 g/mol. The van der Waals surface area contributed by atoms with Crippen molar-refractivity contribution in [2.45, 2.75) is 12.6 Å². The summed E-state index contributed by atoms with van der Waals surface area (Å²) in [5.41, 5.74) is 0.944. The third-order valence-electron chi connectivity index (χ3n) is 3.13. The van der Waals surface area contributed by atoms with E-state index in [4.69, 9.17) is 14.2 Å². The minimum absolute atomic E-state index is 0. The maximum Gasteiger partial charge on any atom is 0.250 e. The van der Waals surface area contributed by atoms with Gasteiger partial charge in [0.1, 0.15) is 6.10 Å². The van der Waals surface area contributed by atoms with E-state index in [0.29, 0.717) is 31.2 Å². The molecule has 1 aromatic carbocycles. The maximum atomic E-state index is 11.9. The lowest BCUT2D eigenvalue weighted by Crippen LogP contribution is -2.47. The Kier molecular flexibility index (Phi) is 7.28. The number of benzene rings is 1. The van der Waals surface area contributed by atoms with Gasteiger partial charge in [0.2, 0.25) is 0 Å². The predicted molar refractivity (Wildman–Crippen MR) is 81.3 cm³/mol. The van der Waals surface area contributed by atoms with Gasteiger partial charge in [-0.1, -0.05) is 6.07 Å². The molecule has 0 aromatic heterocycles. The van der Waals surface area contributed by atoms with Gasteiger partial charge in [-0.2, -0.15) is 0 Å². The monoisotopic (exact) mass is 316 g/mol. The maximum absolute atomic E-state index is 11.9. The smallest absolute Gasteiger partial charge is 0.250 e. The van der Waals surface area contributed by atoms with Crippen molar-refractivity contribution in [3.8, 4) is 11.5 Å². The Morgan fingerprint density at radius 3 is 2.76 bits per heavy atom. The number of carbonyl (C=O) groups excluding carboxylic acids is 1. The molecule has 21 heavy (non-hydrogen) atoms. The van der Waals surface area contributed by atoms with Crippen molar-refractivity contribution in [1.29, 1.82) is 0 Å². The number of rotatable bonds is 5. The van der Waals surface area contributed by atoms with Gasteiger partial charge in [-0.05, 0) is 17.7 Å². The molecule has 0 spiro atoms. The molecule has 1 aliphatic rings. The summed E-state index contributed by atoms with van der Waals surface area (Å²) in [6.07, 6.45) is -0.413. The molecule has 0 saturated carbocycles. The molecule has 0 bridgehead atoms. The fourth-order valence-electron chi connectivity index (χ4n) is 2.03. The van der Waals surface area contributed by atoms with E-state index in [9.17, 15) is 4.79 Å². The SMILES string of the molecule is COc1ccc(CNC(=O)C2CNCCO2)cc1OC.Cl. The molecule has 1 fully saturated rings.